The van der Waals surface area contributed by atoms with Crippen molar-refractivity contribution in [3.8, 4) is 0 Å². The molecule has 0 nitrogen and oxygen atoms in total. The lowest BCUT2D eigenvalue weighted by Crippen LogP contribution is -2.19. The van der Waals surface area contributed by atoms with Gasteiger partial charge < -0.3 is 0 Å². The van der Waals surface area contributed by atoms with Gasteiger partial charge in [0.25, 0.3) is 0 Å². The molecule has 90 valence electrons. The Balaban J connectivity index is 2.22. The van der Waals surface area contributed by atoms with Crippen LogP contribution < -0.4 is 0 Å². The Bertz CT molecular complexity index is 155. The molecule has 1 rings (SSSR count). The fourth-order valence-electron chi connectivity index (χ4n) is 3.05. The van der Waals surface area contributed by atoms with E-state index in [0.717, 1.165) is 16.7 Å². The molecular weight excluding hydrogens is 248 g/mol. The Morgan fingerprint density at radius 1 is 1.07 bits per heavy atom. The van der Waals surface area contributed by atoms with Crippen molar-refractivity contribution in [3.63, 3.8) is 0 Å². The minimum atomic E-state index is 0.780. The van der Waals surface area contributed by atoms with E-state index in [4.69, 9.17) is 0 Å². The molecule has 3 unspecified atom stereocenters. The minimum Gasteiger partial charge on any atom is -0.0891 e. The average Bonchev–Trinajstić information content (AvgIpc) is 2.27. The van der Waals surface area contributed by atoms with Gasteiger partial charge in [-0.3, -0.25) is 0 Å². The Morgan fingerprint density at radius 3 is 2.33 bits per heavy atom. The molecule has 3 atom stereocenters. The summed E-state index contributed by atoms with van der Waals surface area (Å²) in [6.45, 7) is 4.66. The Kier molecular flexibility index (Phi) is 6.96. The van der Waals surface area contributed by atoms with Gasteiger partial charge in [-0.25, -0.2) is 0 Å². The maximum Gasteiger partial charge on any atom is 0.0145 e. The van der Waals surface area contributed by atoms with Crippen molar-refractivity contribution in [1.29, 1.82) is 0 Å². The summed E-state index contributed by atoms with van der Waals surface area (Å²) < 4.78 is 0. The van der Waals surface area contributed by atoms with Gasteiger partial charge in [-0.05, 0) is 31.1 Å². The van der Waals surface area contributed by atoms with Crippen LogP contribution in [0.4, 0.5) is 0 Å². The zero-order valence-corrected chi connectivity index (χ0v) is 12.1. The first-order valence-electron chi connectivity index (χ1n) is 6.92. The monoisotopic (exact) mass is 274 g/mol. The highest BCUT2D eigenvalue weighted by Crippen LogP contribution is 2.36. The Hall–Kier alpha value is 0.480. The molecule has 1 heteroatoms. The fraction of sp³-hybridized carbons (Fsp3) is 1.00. The summed E-state index contributed by atoms with van der Waals surface area (Å²) in [7, 11) is 0. The maximum atomic E-state index is 3.81. The van der Waals surface area contributed by atoms with Crippen LogP contribution in [0.3, 0.4) is 0 Å². The molecule has 1 saturated carbocycles. The molecule has 0 heterocycles. The van der Waals surface area contributed by atoms with Gasteiger partial charge in [0.15, 0.2) is 0 Å². The van der Waals surface area contributed by atoms with Crippen LogP contribution in [-0.4, -0.2) is 4.83 Å². The zero-order valence-electron chi connectivity index (χ0n) is 10.5. The van der Waals surface area contributed by atoms with E-state index >= 15 is 0 Å². The van der Waals surface area contributed by atoms with Crippen LogP contribution in [0.1, 0.15) is 71.6 Å². The second-order valence-electron chi connectivity index (χ2n) is 5.18. The Labute approximate surface area is 104 Å². The zero-order chi connectivity index (χ0) is 11.1. The van der Waals surface area contributed by atoms with Crippen LogP contribution in [0.2, 0.25) is 0 Å². The predicted octanol–water partition coefficient (Wildman–Crippen LogP) is 5.55. The van der Waals surface area contributed by atoms with Gasteiger partial charge in [-0.2, -0.15) is 0 Å². The van der Waals surface area contributed by atoms with E-state index in [1.54, 1.807) is 0 Å². The van der Waals surface area contributed by atoms with Crippen LogP contribution >= 0.6 is 15.9 Å². The quantitative estimate of drug-likeness (QED) is 0.558. The van der Waals surface area contributed by atoms with Crippen LogP contribution in [0.5, 0.6) is 0 Å². The van der Waals surface area contributed by atoms with E-state index in [1.807, 2.05) is 0 Å². The van der Waals surface area contributed by atoms with Crippen molar-refractivity contribution >= 4 is 15.9 Å². The number of hydrogen-bond acceptors (Lipinski definition) is 0. The second-order valence-corrected chi connectivity index (χ2v) is 6.47. The topological polar surface area (TPSA) is 0 Å². The molecule has 1 fully saturated rings. The van der Waals surface area contributed by atoms with Crippen molar-refractivity contribution in [3.05, 3.63) is 0 Å². The van der Waals surface area contributed by atoms with E-state index in [9.17, 15) is 0 Å². The smallest absolute Gasteiger partial charge is 0.0145 e. The van der Waals surface area contributed by atoms with Gasteiger partial charge in [-0.15, -0.1) is 0 Å². The first kappa shape index (κ1) is 13.5. The average molecular weight is 275 g/mol. The highest BCUT2D eigenvalue weighted by atomic mass is 79.9. The van der Waals surface area contributed by atoms with Gasteiger partial charge in [0, 0.05) is 4.83 Å². The lowest BCUT2D eigenvalue weighted by Gasteiger charge is -2.31. The van der Waals surface area contributed by atoms with Crippen LogP contribution in [0.25, 0.3) is 0 Å². The molecule has 0 spiro atoms. The molecule has 0 aromatic rings. The normalized spacial score (nSPS) is 29.0. The molecule has 0 amide bonds. The fourth-order valence-corrected chi connectivity index (χ4v) is 3.78. The van der Waals surface area contributed by atoms with Crippen molar-refractivity contribution in [2.75, 3.05) is 0 Å². The largest absolute Gasteiger partial charge is 0.0891 e. The molecule has 0 aromatic carbocycles. The molecule has 0 bridgehead atoms. The molecule has 1 aliphatic rings. The first-order chi connectivity index (χ1) is 7.27. The molecule has 0 N–H and O–H groups in total. The lowest BCUT2D eigenvalue weighted by atomic mass is 9.75. The highest BCUT2D eigenvalue weighted by molar-refractivity contribution is 9.09. The summed E-state index contributed by atoms with van der Waals surface area (Å²) in [6.07, 6.45) is 12.9. The van der Waals surface area contributed by atoms with E-state index in [-0.39, 0.29) is 0 Å². The van der Waals surface area contributed by atoms with Crippen molar-refractivity contribution in [2.45, 2.75) is 76.5 Å². The SMILES string of the molecule is CCCC(Br)CCC1CCCCC1CC. The third-order valence-corrected chi connectivity index (χ3v) is 4.96. The Morgan fingerprint density at radius 2 is 1.73 bits per heavy atom. The van der Waals surface area contributed by atoms with Gasteiger partial charge >= 0.3 is 0 Å². The summed E-state index contributed by atoms with van der Waals surface area (Å²) in [5.41, 5.74) is 0. The third-order valence-electron chi connectivity index (χ3n) is 4.04. The summed E-state index contributed by atoms with van der Waals surface area (Å²) >= 11 is 3.81. The lowest BCUT2D eigenvalue weighted by molar-refractivity contribution is 0.214. The molecule has 15 heavy (non-hydrogen) atoms. The molecule has 0 radical (unpaired) electrons. The predicted molar refractivity (Wildman–Crippen MR) is 72.6 cm³/mol. The van der Waals surface area contributed by atoms with Gasteiger partial charge in [0.1, 0.15) is 0 Å². The number of halogens is 1. The number of rotatable bonds is 6. The minimum absolute atomic E-state index is 0.780. The molecule has 0 saturated heterocycles. The number of alkyl halides is 1. The molecule has 0 aliphatic heterocycles. The summed E-state index contributed by atoms with van der Waals surface area (Å²) in [5.74, 6) is 2.08. The highest BCUT2D eigenvalue weighted by Gasteiger charge is 2.23. The standard InChI is InChI=1S/C14H27Br/c1-3-7-14(15)11-10-13-9-6-5-8-12(13)4-2/h12-14H,3-11H2,1-2H3. The van der Waals surface area contributed by atoms with E-state index in [0.29, 0.717) is 0 Å². The molecular formula is C14H27Br. The summed E-state index contributed by atoms with van der Waals surface area (Å²) in [5, 5.41) is 0. The summed E-state index contributed by atoms with van der Waals surface area (Å²) in [6, 6.07) is 0. The maximum absolute atomic E-state index is 3.81. The van der Waals surface area contributed by atoms with Crippen molar-refractivity contribution in [2.24, 2.45) is 11.8 Å². The summed E-state index contributed by atoms with van der Waals surface area (Å²) in [4.78, 5) is 0.780. The van der Waals surface area contributed by atoms with Crippen LogP contribution in [0, 0.1) is 11.8 Å². The van der Waals surface area contributed by atoms with Crippen LogP contribution in [-0.2, 0) is 0 Å². The first-order valence-corrected chi connectivity index (χ1v) is 7.83. The van der Waals surface area contributed by atoms with Gasteiger partial charge in [-0.1, -0.05) is 68.3 Å². The van der Waals surface area contributed by atoms with Crippen molar-refractivity contribution < 1.29 is 0 Å². The number of hydrogen-bond donors (Lipinski definition) is 0. The van der Waals surface area contributed by atoms with E-state index in [2.05, 4.69) is 29.8 Å². The van der Waals surface area contributed by atoms with Gasteiger partial charge in [0.05, 0.1) is 0 Å². The molecule has 0 aromatic heterocycles. The third kappa shape index (κ3) is 4.89. The van der Waals surface area contributed by atoms with E-state index in [1.165, 1.54) is 57.8 Å². The van der Waals surface area contributed by atoms with Crippen molar-refractivity contribution in [1.82, 2.24) is 0 Å². The second kappa shape index (κ2) is 7.70. The van der Waals surface area contributed by atoms with Gasteiger partial charge in [0.2, 0.25) is 0 Å². The van der Waals surface area contributed by atoms with Crippen LogP contribution in [0.15, 0.2) is 0 Å². The molecule has 1 aliphatic carbocycles. The van der Waals surface area contributed by atoms with E-state index < -0.39 is 0 Å².